The molecule has 6 nitrogen and oxygen atoms in total. The molecule has 0 fully saturated rings. The number of anilines is 1. The van der Waals surface area contributed by atoms with Crippen molar-refractivity contribution in [3.05, 3.63) is 45.3 Å². The quantitative estimate of drug-likeness (QED) is 0.530. The number of esters is 1. The van der Waals surface area contributed by atoms with Crippen LogP contribution in [0, 0.1) is 10.1 Å². The molecule has 2 N–H and O–H groups in total. The molecule has 2 rings (SSSR count). The molecule has 7 heteroatoms. The Bertz CT molecular complexity index is 677. The topological polar surface area (TPSA) is 95.5 Å². The minimum absolute atomic E-state index is 0.00624. The Kier molecular flexibility index (Phi) is 4.23. The van der Waals surface area contributed by atoms with E-state index in [2.05, 4.69) is 0 Å². The molecule has 110 valence electrons. The molecule has 1 aromatic heterocycles. The van der Waals surface area contributed by atoms with Crippen LogP contribution in [0.3, 0.4) is 0 Å². The van der Waals surface area contributed by atoms with E-state index >= 15 is 0 Å². The van der Waals surface area contributed by atoms with Gasteiger partial charge in [-0.2, -0.15) is 0 Å². The summed E-state index contributed by atoms with van der Waals surface area (Å²) in [6.45, 7) is 3.51. The summed E-state index contributed by atoms with van der Waals surface area (Å²) in [4.78, 5) is 22.3. The highest BCUT2D eigenvalue weighted by Gasteiger charge is 2.21. The molecule has 0 radical (unpaired) electrons. The van der Waals surface area contributed by atoms with Crippen molar-refractivity contribution in [1.82, 2.24) is 0 Å². The molecule has 0 amide bonds. The van der Waals surface area contributed by atoms with Gasteiger partial charge in [-0.3, -0.25) is 10.1 Å². The first-order valence-corrected chi connectivity index (χ1v) is 7.11. The fraction of sp³-hybridized carbons (Fsp3) is 0.214. The lowest BCUT2D eigenvalue weighted by atomic mass is 10.0. The van der Waals surface area contributed by atoms with Gasteiger partial charge in [-0.25, -0.2) is 4.79 Å². The summed E-state index contributed by atoms with van der Waals surface area (Å²) in [5.74, 6) is -0.489. The number of thiophene rings is 1. The van der Waals surface area contributed by atoms with E-state index in [4.69, 9.17) is 10.5 Å². The number of nitro benzene ring substituents is 1. The molecule has 1 aromatic carbocycles. The third-order valence-corrected chi connectivity index (χ3v) is 3.57. The molecule has 0 bridgehead atoms. The summed E-state index contributed by atoms with van der Waals surface area (Å²) < 4.78 is 5.18. The van der Waals surface area contributed by atoms with Gasteiger partial charge in [-0.05, 0) is 31.5 Å². The van der Waals surface area contributed by atoms with Gasteiger partial charge >= 0.3 is 5.97 Å². The molecule has 0 spiro atoms. The number of nitrogens with zero attached hydrogens (tertiary/aromatic N) is 1. The summed E-state index contributed by atoms with van der Waals surface area (Å²) in [7, 11) is 0. The second-order valence-electron chi connectivity index (χ2n) is 4.65. The van der Waals surface area contributed by atoms with Gasteiger partial charge in [-0.15, -0.1) is 11.3 Å². The second kappa shape index (κ2) is 5.92. The third-order valence-electron chi connectivity index (χ3n) is 2.76. The van der Waals surface area contributed by atoms with Crippen molar-refractivity contribution >= 4 is 28.0 Å². The number of rotatable bonds is 4. The van der Waals surface area contributed by atoms with Crippen LogP contribution in [0.5, 0.6) is 0 Å². The van der Waals surface area contributed by atoms with Gasteiger partial charge in [0.25, 0.3) is 5.69 Å². The molecule has 0 aliphatic heterocycles. The molecule has 0 atom stereocenters. The zero-order chi connectivity index (χ0) is 15.6. The predicted molar refractivity (Wildman–Crippen MR) is 81.4 cm³/mol. The number of non-ortho nitro benzene ring substituents is 1. The highest BCUT2D eigenvalue weighted by Crippen LogP contribution is 2.35. The monoisotopic (exact) mass is 306 g/mol. The lowest BCUT2D eigenvalue weighted by molar-refractivity contribution is -0.384. The van der Waals surface area contributed by atoms with Gasteiger partial charge < -0.3 is 10.5 Å². The zero-order valence-electron chi connectivity index (χ0n) is 11.5. The number of carbonyl (C=O) groups excluding carboxylic acids is 1. The molecular formula is C14H14N2O4S. The maximum absolute atomic E-state index is 12.1. The minimum Gasteiger partial charge on any atom is -0.459 e. The number of nitrogen functional groups attached to an aromatic ring is 1. The van der Waals surface area contributed by atoms with Gasteiger partial charge in [0, 0.05) is 23.1 Å². The van der Waals surface area contributed by atoms with Gasteiger partial charge in [-0.1, -0.05) is 0 Å². The predicted octanol–water partition coefficient (Wildman–Crippen LogP) is 3.47. The SMILES string of the molecule is CC(C)OC(=O)c1c(-c2ccc([N+](=O)[O-])cc2)csc1N. The summed E-state index contributed by atoms with van der Waals surface area (Å²) in [5, 5.41) is 12.8. The van der Waals surface area contributed by atoms with Gasteiger partial charge in [0.05, 0.1) is 11.0 Å². The van der Waals surface area contributed by atoms with Crippen molar-refractivity contribution in [2.45, 2.75) is 20.0 Å². The average Bonchev–Trinajstić information content (AvgIpc) is 2.80. The molecule has 0 saturated carbocycles. The zero-order valence-corrected chi connectivity index (χ0v) is 12.3. The molecule has 21 heavy (non-hydrogen) atoms. The Morgan fingerprint density at radius 2 is 1.95 bits per heavy atom. The van der Waals surface area contributed by atoms with E-state index in [1.54, 1.807) is 31.4 Å². The van der Waals surface area contributed by atoms with Gasteiger partial charge in [0.1, 0.15) is 10.6 Å². The summed E-state index contributed by atoms with van der Waals surface area (Å²) in [6.07, 6.45) is -0.249. The van der Waals surface area contributed by atoms with Crippen molar-refractivity contribution in [2.75, 3.05) is 5.73 Å². The van der Waals surface area contributed by atoms with Crippen molar-refractivity contribution in [1.29, 1.82) is 0 Å². The number of ether oxygens (including phenoxy) is 1. The molecule has 0 unspecified atom stereocenters. The Balaban J connectivity index is 2.40. The summed E-state index contributed by atoms with van der Waals surface area (Å²) >= 11 is 1.23. The first-order chi connectivity index (χ1) is 9.90. The number of hydrogen-bond donors (Lipinski definition) is 1. The molecule has 0 aliphatic rings. The normalized spacial score (nSPS) is 10.6. The lowest BCUT2D eigenvalue weighted by Gasteiger charge is -2.09. The van der Waals surface area contributed by atoms with Gasteiger partial charge in [0.15, 0.2) is 0 Å². The maximum atomic E-state index is 12.1. The lowest BCUT2D eigenvalue weighted by Crippen LogP contribution is -2.13. The van der Waals surface area contributed by atoms with Crippen LogP contribution in [-0.4, -0.2) is 17.0 Å². The Hall–Kier alpha value is -2.41. The number of nitro groups is 1. The van der Waals surface area contributed by atoms with Crippen LogP contribution in [-0.2, 0) is 4.74 Å². The van der Waals surface area contributed by atoms with Crippen molar-refractivity contribution < 1.29 is 14.5 Å². The Morgan fingerprint density at radius 1 is 1.33 bits per heavy atom. The Labute approximate surface area is 125 Å². The molecule has 2 aromatic rings. The van der Waals surface area contributed by atoms with Crippen LogP contribution in [0.1, 0.15) is 24.2 Å². The van der Waals surface area contributed by atoms with Crippen LogP contribution in [0.15, 0.2) is 29.6 Å². The van der Waals surface area contributed by atoms with Crippen LogP contribution in [0.2, 0.25) is 0 Å². The average molecular weight is 306 g/mol. The molecule has 0 saturated heterocycles. The maximum Gasteiger partial charge on any atom is 0.342 e. The largest absolute Gasteiger partial charge is 0.459 e. The number of nitrogens with two attached hydrogens (primary N) is 1. The first-order valence-electron chi connectivity index (χ1n) is 6.23. The van der Waals surface area contributed by atoms with E-state index < -0.39 is 10.9 Å². The van der Waals surface area contributed by atoms with Crippen molar-refractivity contribution in [3.63, 3.8) is 0 Å². The minimum atomic E-state index is -0.489. The Morgan fingerprint density at radius 3 is 2.48 bits per heavy atom. The fourth-order valence-corrected chi connectivity index (χ4v) is 2.64. The van der Waals surface area contributed by atoms with Crippen LogP contribution in [0.4, 0.5) is 10.7 Å². The fourth-order valence-electron chi connectivity index (χ4n) is 1.83. The van der Waals surface area contributed by atoms with Crippen molar-refractivity contribution in [2.24, 2.45) is 0 Å². The number of hydrogen-bond acceptors (Lipinski definition) is 6. The van der Waals surface area contributed by atoms with Crippen molar-refractivity contribution in [3.8, 4) is 11.1 Å². The standard InChI is InChI=1S/C14H14N2O4S/c1-8(2)20-14(17)12-11(7-21-13(12)15)9-3-5-10(6-4-9)16(18)19/h3-8H,15H2,1-2H3. The third kappa shape index (κ3) is 3.19. The van der Waals surface area contributed by atoms with Gasteiger partial charge in [0.2, 0.25) is 0 Å². The van der Waals surface area contributed by atoms with Crippen LogP contribution < -0.4 is 5.73 Å². The highest BCUT2D eigenvalue weighted by molar-refractivity contribution is 7.14. The summed E-state index contributed by atoms with van der Waals surface area (Å²) in [5.41, 5.74) is 7.45. The molecule has 0 aliphatic carbocycles. The second-order valence-corrected chi connectivity index (χ2v) is 5.56. The smallest absolute Gasteiger partial charge is 0.342 e. The summed E-state index contributed by atoms with van der Waals surface area (Å²) in [6, 6.07) is 5.96. The van der Waals surface area contributed by atoms with Crippen LogP contribution >= 0.6 is 11.3 Å². The van der Waals surface area contributed by atoms with E-state index in [9.17, 15) is 14.9 Å². The van der Waals surface area contributed by atoms with Crippen LogP contribution in [0.25, 0.3) is 11.1 Å². The first kappa shape index (κ1) is 15.0. The molecular weight excluding hydrogens is 292 g/mol. The van der Waals surface area contributed by atoms with E-state index in [-0.39, 0.29) is 11.8 Å². The van der Waals surface area contributed by atoms with E-state index in [1.807, 2.05) is 0 Å². The number of carbonyl (C=O) groups is 1. The van der Waals surface area contributed by atoms with E-state index in [1.165, 1.54) is 23.5 Å². The van der Waals surface area contributed by atoms with E-state index in [0.29, 0.717) is 21.7 Å². The number of benzene rings is 1. The van der Waals surface area contributed by atoms with E-state index in [0.717, 1.165) is 0 Å². The highest BCUT2D eigenvalue weighted by atomic mass is 32.1. The molecule has 1 heterocycles.